The predicted molar refractivity (Wildman–Crippen MR) is 29.6 cm³/mol. The Balaban J connectivity index is 2.26. The molecule has 0 aliphatic carbocycles. The van der Waals surface area contributed by atoms with Crippen LogP contribution >= 0.6 is 0 Å². The second kappa shape index (κ2) is 2.59. The molecule has 0 unspecified atom stereocenters. The average molecular weight is 97.1 g/mol. The molecular formula is C5H9N2+. The minimum atomic E-state index is 0.903. The highest BCUT2D eigenvalue weighted by molar-refractivity contribution is 4.89. The fraction of sp³-hybridized carbons (Fsp3) is 0.800. The fourth-order valence-electron chi connectivity index (χ4n) is 0.562. The van der Waals surface area contributed by atoms with Crippen molar-refractivity contribution < 1.29 is 0 Å². The van der Waals surface area contributed by atoms with Crippen LogP contribution in [0.5, 0.6) is 0 Å². The Morgan fingerprint density at radius 3 is 3.43 bits per heavy atom. The Morgan fingerprint density at radius 2 is 2.43 bits per heavy atom. The van der Waals surface area contributed by atoms with Crippen LogP contribution in [-0.2, 0) is 0 Å². The van der Waals surface area contributed by atoms with Gasteiger partial charge in [-0.2, -0.15) is 0 Å². The van der Waals surface area contributed by atoms with Crippen molar-refractivity contribution in [3.63, 3.8) is 0 Å². The monoisotopic (exact) mass is 97.1 g/mol. The van der Waals surface area contributed by atoms with Crippen molar-refractivity contribution in [3.8, 4) is 6.07 Å². The van der Waals surface area contributed by atoms with Gasteiger partial charge in [0.25, 0.3) is 12.6 Å². The van der Waals surface area contributed by atoms with Gasteiger partial charge in [0.15, 0.2) is 0 Å². The summed E-state index contributed by atoms with van der Waals surface area (Å²) in [5.41, 5.74) is 0. The minimum absolute atomic E-state index is 0.903. The molecule has 0 aromatic heterocycles. The van der Waals surface area contributed by atoms with Crippen LogP contribution in [0.2, 0.25) is 0 Å². The van der Waals surface area contributed by atoms with E-state index in [0.717, 1.165) is 26.1 Å². The quantitative estimate of drug-likeness (QED) is 0.460. The summed E-state index contributed by atoms with van der Waals surface area (Å²) >= 11 is 0. The number of nitrogens with zero attached hydrogens (tertiary/aromatic N) is 1. The first-order valence-electron chi connectivity index (χ1n) is 2.60. The lowest BCUT2D eigenvalue weighted by Gasteiger charge is -1.86. The van der Waals surface area contributed by atoms with Crippen molar-refractivity contribution in [2.24, 2.45) is 0 Å². The topological polar surface area (TPSA) is 16.4 Å². The summed E-state index contributed by atoms with van der Waals surface area (Å²) in [7, 11) is 0. The lowest BCUT2D eigenvalue weighted by atomic mass is 10.5. The molecule has 1 aliphatic heterocycles. The van der Waals surface area contributed by atoms with Crippen LogP contribution in [0.25, 0.3) is 4.85 Å². The van der Waals surface area contributed by atoms with Gasteiger partial charge in [-0.1, -0.05) is 4.85 Å². The zero-order valence-corrected chi connectivity index (χ0v) is 4.28. The van der Waals surface area contributed by atoms with E-state index in [0.29, 0.717) is 0 Å². The number of hydrogen-bond acceptors (Lipinski definition) is 1. The molecule has 38 valence electrons. The molecule has 1 N–H and O–H groups in total. The van der Waals surface area contributed by atoms with Gasteiger partial charge in [-0.05, 0) is 0 Å². The predicted octanol–water partition coefficient (Wildman–Crippen LogP) is 0.313. The minimum Gasteiger partial charge on any atom is -0.309 e. The van der Waals surface area contributed by atoms with E-state index in [9.17, 15) is 0 Å². The Labute approximate surface area is 43.3 Å². The summed E-state index contributed by atoms with van der Waals surface area (Å²) < 4.78 is 0. The van der Waals surface area contributed by atoms with Crippen LogP contribution in [-0.4, -0.2) is 19.6 Å². The van der Waals surface area contributed by atoms with Gasteiger partial charge in [-0.3, -0.25) is 0 Å². The van der Waals surface area contributed by atoms with E-state index < -0.39 is 0 Å². The van der Waals surface area contributed by atoms with Crippen molar-refractivity contribution in [1.82, 2.24) is 5.32 Å². The molecule has 1 rings (SSSR count). The highest BCUT2D eigenvalue weighted by Crippen LogP contribution is 1.79. The molecule has 0 spiro atoms. The van der Waals surface area contributed by atoms with E-state index >= 15 is 0 Å². The van der Waals surface area contributed by atoms with Crippen LogP contribution in [0, 0.1) is 6.07 Å². The highest BCUT2D eigenvalue weighted by Gasteiger charge is 1.96. The molecule has 0 fully saturated rings. The van der Waals surface area contributed by atoms with Gasteiger partial charge in [0.1, 0.15) is 0 Å². The van der Waals surface area contributed by atoms with Gasteiger partial charge in [0.05, 0.1) is 13.0 Å². The molecule has 0 saturated carbocycles. The third-order valence-corrected chi connectivity index (χ3v) is 0.926. The molecule has 0 bridgehead atoms. The van der Waals surface area contributed by atoms with E-state index in [1.165, 1.54) is 0 Å². The summed E-state index contributed by atoms with van der Waals surface area (Å²) in [6.07, 6.45) is 0.972. The second-order valence-corrected chi connectivity index (χ2v) is 1.54. The standard InChI is InChI=1S/C5H9N2/c1-2-6-4-5-7-3-1/h6H,1-2,4-5H2/q+1. The van der Waals surface area contributed by atoms with Crippen LogP contribution < -0.4 is 5.32 Å². The summed E-state index contributed by atoms with van der Waals surface area (Å²) in [5, 5.41) is 3.19. The Morgan fingerprint density at radius 1 is 1.43 bits per heavy atom. The molecule has 0 aromatic rings. The fourth-order valence-corrected chi connectivity index (χ4v) is 0.562. The molecule has 1 heterocycles. The smallest absolute Gasteiger partial charge is 0.275 e. The maximum absolute atomic E-state index is 3.96. The molecule has 2 heteroatoms. The lowest BCUT2D eigenvalue weighted by molar-refractivity contribution is 0.736. The summed E-state index contributed by atoms with van der Waals surface area (Å²) in [6.45, 7) is 2.97. The summed E-state index contributed by atoms with van der Waals surface area (Å²) in [6, 6.07) is 2.91. The Bertz CT molecular complexity index is 88.4. The van der Waals surface area contributed by atoms with Crippen molar-refractivity contribution >= 4 is 0 Å². The van der Waals surface area contributed by atoms with E-state index in [1.807, 2.05) is 0 Å². The lowest BCUT2D eigenvalue weighted by Crippen LogP contribution is -2.15. The van der Waals surface area contributed by atoms with E-state index in [2.05, 4.69) is 16.2 Å². The van der Waals surface area contributed by atoms with Gasteiger partial charge < -0.3 is 5.32 Å². The number of rotatable bonds is 0. The summed E-state index contributed by atoms with van der Waals surface area (Å²) in [4.78, 5) is 3.96. The molecule has 0 aromatic carbocycles. The molecule has 1 aliphatic rings. The largest absolute Gasteiger partial charge is 0.309 e. The van der Waals surface area contributed by atoms with E-state index in [-0.39, 0.29) is 0 Å². The van der Waals surface area contributed by atoms with Crippen molar-refractivity contribution in [1.29, 1.82) is 0 Å². The Hall–Kier alpha value is -0.550. The summed E-state index contributed by atoms with van der Waals surface area (Å²) in [5.74, 6) is 0. The second-order valence-electron chi connectivity index (χ2n) is 1.54. The zero-order chi connectivity index (χ0) is 4.95. The Kier molecular flexibility index (Phi) is 1.71. The van der Waals surface area contributed by atoms with Crippen molar-refractivity contribution in [2.45, 2.75) is 6.42 Å². The van der Waals surface area contributed by atoms with Gasteiger partial charge in [0.2, 0.25) is 0 Å². The first-order valence-corrected chi connectivity index (χ1v) is 2.60. The SMILES string of the molecule is C1#[N+]CCNCC1. The van der Waals surface area contributed by atoms with Crippen molar-refractivity contribution in [2.75, 3.05) is 19.6 Å². The van der Waals surface area contributed by atoms with Crippen LogP contribution in [0.3, 0.4) is 0 Å². The molecule has 0 radical (unpaired) electrons. The zero-order valence-electron chi connectivity index (χ0n) is 4.28. The molecule has 2 nitrogen and oxygen atoms in total. The molecule has 0 amide bonds. The molecular weight excluding hydrogens is 88.1 g/mol. The normalized spacial score (nSPS) is 19.4. The van der Waals surface area contributed by atoms with Gasteiger partial charge >= 0.3 is 0 Å². The van der Waals surface area contributed by atoms with Gasteiger partial charge in [0, 0.05) is 6.54 Å². The van der Waals surface area contributed by atoms with Crippen LogP contribution in [0.1, 0.15) is 6.42 Å². The first kappa shape index (κ1) is 4.61. The van der Waals surface area contributed by atoms with Gasteiger partial charge in [-0.25, -0.2) is 0 Å². The van der Waals surface area contributed by atoms with E-state index in [1.54, 1.807) is 0 Å². The van der Waals surface area contributed by atoms with Gasteiger partial charge in [-0.15, -0.1) is 0 Å². The maximum Gasteiger partial charge on any atom is 0.275 e. The average Bonchev–Trinajstić information content (AvgIpc) is 1.90. The first-order chi connectivity index (χ1) is 3.50. The third-order valence-electron chi connectivity index (χ3n) is 0.926. The van der Waals surface area contributed by atoms with Crippen LogP contribution in [0.15, 0.2) is 0 Å². The highest BCUT2D eigenvalue weighted by atomic mass is 14.9. The third kappa shape index (κ3) is 1.56. The molecule has 0 saturated heterocycles. The molecule has 0 atom stereocenters. The van der Waals surface area contributed by atoms with Crippen molar-refractivity contribution in [3.05, 3.63) is 4.85 Å². The number of nitrogens with one attached hydrogen (secondary N) is 1. The van der Waals surface area contributed by atoms with Crippen LogP contribution in [0.4, 0.5) is 0 Å². The molecule has 7 heavy (non-hydrogen) atoms. The van der Waals surface area contributed by atoms with E-state index in [4.69, 9.17) is 0 Å². The number of hydrogen-bond donors (Lipinski definition) is 1. The maximum atomic E-state index is 3.96.